The van der Waals surface area contributed by atoms with Crippen molar-refractivity contribution in [2.75, 3.05) is 6.54 Å². The van der Waals surface area contributed by atoms with E-state index in [0.717, 1.165) is 16.7 Å². The Labute approximate surface area is 112 Å². The third-order valence-corrected chi connectivity index (χ3v) is 2.78. The van der Waals surface area contributed by atoms with Crippen LogP contribution in [0, 0.1) is 13.8 Å². The van der Waals surface area contributed by atoms with Crippen LogP contribution in [-0.4, -0.2) is 21.8 Å². The summed E-state index contributed by atoms with van der Waals surface area (Å²) in [4.78, 5) is 4.31. The summed E-state index contributed by atoms with van der Waals surface area (Å²) in [6, 6.07) is 3.68. The number of aromatic hydroxyl groups is 1. The topological polar surface area (TPSA) is 71.2 Å². The van der Waals surface area contributed by atoms with Gasteiger partial charge in [-0.05, 0) is 37.1 Å². The minimum atomic E-state index is 0.306. The average molecular weight is 259 g/mol. The molecule has 2 N–H and O–H groups in total. The molecule has 0 amide bonds. The standard InChI is InChI=1S/C14H17N3O2/c1-4-5-15-8-12-16-14(17-19-12)11-6-9(2)13(18)10(3)7-11/h4,6-7,15,18H,1,5,8H2,2-3H3. The van der Waals surface area contributed by atoms with E-state index in [1.165, 1.54) is 0 Å². The summed E-state index contributed by atoms with van der Waals surface area (Å²) in [5, 5.41) is 16.8. The molecule has 2 rings (SSSR count). The molecule has 5 nitrogen and oxygen atoms in total. The van der Waals surface area contributed by atoms with E-state index >= 15 is 0 Å². The van der Waals surface area contributed by atoms with Gasteiger partial charge in [0.05, 0.1) is 6.54 Å². The van der Waals surface area contributed by atoms with Crippen molar-refractivity contribution in [2.24, 2.45) is 0 Å². The molecule has 0 radical (unpaired) electrons. The average Bonchev–Trinajstić information content (AvgIpc) is 2.84. The molecule has 1 aromatic carbocycles. The highest BCUT2D eigenvalue weighted by Gasteiger charge is 2.11. The van der Waals surface area contributed by atoms with E-state index in [0.29, 0.717) is 30.6 Å². The van der Waals surface area contributed by atoms with Crippen molar-refractivity contribution in [3.8, 4) is 17.1 Å². The monoisotopic (exact) mass is 259 g/mol. The maximum Gasteiger partial charge on any atom is 0.240 e. The summed E-state index contributed by atoms with van der Waals surface area (Å²) in [6.07, 6.45) is 1.77. The van der Waals surface area contributed by atoms with Crippen molar-refractivity contribution < 1.29 is 9.63 Å². The highest BCUT2D eigenvalue weighted by Crippen LogP contribution is 2.27. The second-order valence-corrected chi connectivity index (χ2v) is 4.39. The lowest BCUT2D eigenvalue weighted by atomic mass is 10.1. The van der Waals surface area contributed by atoms with Crippen LogP contribution in [-0.2, 0) is 6.54 Å². The van der Waals surface area contributed by atoms with E-state index in [2.05, 4.69) is 22.0 Å². The molecule has 0 aliphatic carbocycles. The first-order chi connectivity index (χ1) is 9.11. The third kappa shape index (κ3) is 3.00. The number of hydrogen-bond acceptors (Lipinski definition) is 5. The highest BCUT2D eigenvalue weighted by atomic mass is 16.5. The van der Waals surface area contributed by atoms with E-state index in [-0.39, 0.29) is 0 Å². The molecule has 19 heavy (non-hydrogen) atoms. The van der Waals surface area contributed by atoms with Crippen molar-refractivity contribution in [1.29, 1.82) is 0 Å². The number of benzene rings is 1. The molecule has 0 fully saturated rings. The minimum Gasteiger partial charge on any atom is -0.507 e. The minimum absolute atomic E-state index is 0.306. The van der Waals surface area contributed by atoms with Crippen LogP contribution in [0.15, 0.2) is 29.3 Å². The maximum absolute atomic E-state index is 9.74. The summed E-state index contributed by atoms with van der Waals surface area (Å²) >= 11 is 0. The molecular weight excluding hydrogens is 242 g/mol. The quantitative estimate of drug-likeness (QED) is 0.637. The summed E-state index contributed by atoms with van der Waals surface area (Å²) in [7, 11) is 0. The molecule has 100 valence electrons. The Bertz CT molecular complexity index is 567. The number of aryl methyl sites for hydroxylation is 2. The van der Waals surface area contributed by atoms with Gasteiger partial charge in [0.25, 0.3) is 0 Å². The van der Waals surface area contributed by atoms with Crippen molar-refractivity contribution in [2.45, 2.75) is 20.4 Å². The van der Waals surface area contributed by atoms with Gasteiger partial charge in [0.15, 0.2) is 0 Å². The summed E-state index contributed by atoms with van der Waals surface area (Å²) in [5.41, 5.74) is 2.43. The van der Waals surface area contributed by atoms with E-state index < -0.39 is 0 Å². The first-order valence-electron chi connectivity index (χ1n) is 6.06. The molecule has 1 heterocycles. The third-order valence-electron chi connectivity index (χ3n) is 2.78. The second-order valence-electron chi connectivity index (χ2n) is 4.39. The lowest BCUT2D eigenvalue weighted by Gasteiger charge is -2.04. The van der Waals surface area contributed by atoms with Crippen LogP contribution in [0.25, 0.3) is 11.4 Å². The number of hydrogen-bond donors (Lipinski definition) is 2. The second kappa shape index (κ2) is 5.67. The molecule has 2 aromatic rings. The van der Waals surface area contributed by atoms with Gasteiger partial charge in [0, 0.05) is 12.1 Å². The highest BCUT2D eigenvalue weighted by molar-refractivity contribution is 5.60. The van der Waals surface area contributed by atoms with E-state index in [4.69, 9.17) is 4.52 Å². The van der Waals surface area contributed by atoms with Gasteiger partial charge in [-0.3, -0.25) is 0 Å². The molecule has 0 unspecified atom stereocenters. The predicted molar refractivity (Wildman–Crippen MR) is 72.8 cm³/mol. The first-order valence-corrected chi connectivity index (χ1v) is 6.06. The zero-order valence-electron chi connectivity index (χ0n) is 11.1. The molecule has 0 atom stereocenters. The van der Waals surface area contributed by atoms with Gasteiger partial charge in [-0.1, -0.05) is 11.2 Å². The van der Waals surface area contributed by atoms with Crippen molar-refractivity contribution in [3.63, 3.8) is 0 Å². The van der Waals surface area contributed by atoms with Crippen LogP contribution in [0.5, 0.6) is 5.75 Å². The van der Waals surface area contributed by atoms with Gasteiger partial charge < -0.3 is 14.9 Å². The molecule has 0 saturated carbocycles. The molecule has 0 spiro atoms. The largest absolute Gasteiger partial charge is 0.507 e. The van der Waals surface area contributed by atoms with Crippen LogP contribution in [0.2, 0.25) is 0 Å². The fourth-order valence-corrected chi connectivity index (χ4v) is 1.81. The Morgan fingerprint density at radius 1 is 1.37 bits per heavy atom. The SMILES string of the molecule is C=CCNCc1nc(-c2cc(C)c(O)c(C)c2)no1. The lowest BCUT2D eigenvalue weighted by molar-refractivity contribution is 0.370. The van der Waals surface area contributed by atoms with Crippen LogP contribution < -0.4 is 5.32 Å². The van der Waals surface area contributed by atoms with E-state index in [9.17, 15) is 5.11 Å². The predicted octanol–water partition coefficient (Wildman–Crippen LogP) is 2.33. The summed E-state index contributed by atoms with van der Waals surface area (Å²) < 4.78 is 5.16. The normalized spacial score (nSPS) is 10.6. The van der Waals surface area contributed by atoms with Crippen LogP contribution >= 0.6 is 0 Å². The Balaban J connectivity index is 2.20. The number of nitrogens with one attached hydrogen (secondary N) is 1. The van der Waals surface area contributed by atoms with E-state index in [1.807, 2.05) is 26.0 Å². The maximum atomic E-state index is 9.74. The van der Waals surface area contributed by atoms with Crippen molar-refractivity contribution in [1.82, 2.24) is 15.5 Å². The van der Waals surface area contributed by atoms with Crippen LogP contribution in [0.4, 0.5) is 0 Å². The van der Waals surface area contributed by atoms with Gasteiger partial charge >= 0.3 is 0 Å². The number of aromatic nitrogens is 2. The Morgan fingerprint density at radius 2 is 2.05 bits per heavy atom. The molecule has 0 aliphatic heterocycles. The smallest absolute Gasteiger partial charge is 0.240 e. The van der Waals surface area contributed by atoms with Crippen LogP contribution in [0.3, 0.4) is 0 Å². The van der Waals surface area contributed by atoms with Crippen molar-refractivity contribution in [3.05, 3.63) is 41.8 Å². The molecule has 0 saturated heterocycles. The molecule has 5 heteroatoms. The summed E-state index contributed by atoms with van der Waals surface area (Å²) in [6.45, 7) is 8.51. The van der Waals surface area contributed by atoms with Gasteiger partial charge in [0.1, 0.15) is 5.75 Å². The number of nitrogens with zero attached hydrogens (tertiary/aromatic N) is 2. The zero-order valence-corrected chi connectivity index (χ0v) is 11.1. The first kappa shape index (κ1) is 13.3. The van der Waals surface area contributed by atoms with Crippen molar-refractivity contribution >= 4 is 0 Å². The Hall–Kier alpha value is -2.14. The fraction of sp³-hybridized carbons (Fsp3) is 0.286. The van der Waals surface area contributed by atoms with E-state index in [1.54, 1.807) is 6.08 Å². The summed E-state index contributed by atoms with van der Waals surface area (Å²) in [5.74, 6) is 1.36. The molecule has 0 bridgehead atoms. The van der Waals surface area contributed by atoms with Gasteiger partial charge in [-0.15, -0.1) is 6.58 Å². The number of phenolic OH excluding ortho intramolecular Hbond substituents is 1. The molecule has 0 aliphatic rings. The Kier molecular flexibility index (Phi) is 3.97. The van der Waals surface area contributed by atoms with Gasteiger partial charge in [-0.2, -0.15) is 4.98 Å². The molecule has 1 aromatic heterocycles. The number of phenols is 1. The molecular formula is C14H17N3O2. The fourth-order valence-electron chi connectivity index (χ4n) is 1.81. The van der Waals surface area contributed by atoms with Crippen LogP contribution in [0.1, 0.15) is 17.0 Å². The number of rotatable bonds is 5. The zero-order chi connectivity index (χ0) is 13.8. The van der Waals surface area contributed by atoms with Gasteiger partial charge in [0.2, 0.25) is 11.7 Å². The lowest BCUT2D eigenvalue weighted by Crippen LogP contribution is -2.12. The Morgan fingerprint density at radius 3 is 2.68 bits per heavy atom. The van der Waals surface area contributed by atoms with Gasteiger partial charge in [-0.25, -0.2) is 0 Å².